The summed E-state index contributed by atoms with van der Waals surface area (Å²) in [5.74, 6) is -0.00920. The number of esters is 1. The van der Waals surface area contributed by atoms with Crippen LogP contribution in [0.4, 0.5) is 0 Å². The molecule has 0 spiro atoms. The lowest BCUT2D eigenvalue weighted by atomic mass is 9.79. The Morgan fingerprint density at radius 3 is 2.43 bits per heavy atom. The highest BCUT2D eigenvalue weighted by molar-refractivity contribution is 5.92. The molecule has 1 heterocycles. The van der Waals surface area contributed by atoms with Gasteiger partial charge in [-0.2, -0.15) is 5.26 Å². The van der Waals surface area contributed by atoms with Gasteiger partial charge in [-0.3, -0.25) is 0 Å². The Labute approximate surface area is 166 Å². The average Bonchev–Trinajstić information content (AvgIpc) is 2.61. The highest BCUT2D eigenvalue weighted by Gasteiger charge is 2.37. The quantitative estimate of drug-likeness (QED) is 0.561. The van der Waals surface area contributed by atoms with E-state index in [4.69, 9.17) is 19.9 Å². The van der Waals surface area contributed by atoms with Crippen LogP contribution in [-0.2, 0) is 14.3 Å². The van der Waals surface area contributed by atoms with Gasteiger partial charge in [-0.15, -0.1) is 0 Å². The van der Waals surface area contributed by atoms with E-state index in [0.29, 0.717) is 17.9 Å². The van der Waals surface area contributed by atoms with Gasteiger partial charge in [-0.1, -0.05) is 13.3 Å². The normalized spacial score (nSPS) is 16.5. The Hall–Kier alpha value is -2.94. The number of hydrogen-bond acceptors (Lipinski definition) is 6. The average molecular weight is 384 g/mol. The molecule has 0 radical (unpaired) electrons. The molecule has 1 aromatic rings. The highest BCUT2D eigenvalue weighted by Crippen LogP contribution is 2.43. The third kappa shape index (κ3) is 4.30. The van der Waals surface area contributed by atoms with Crippen LogP contribution in [0.15, 0.2) is 34.9 Å². The molecule has 150 valence electrons. The molecule has 0 amide bonds. The number of nitrogens with zero attached hydrogens (tertiary/aromatic N) is 1. The largest absolute Gasteiger partial charge is 0.494 e. The number of unbranched alkanes of at least 4 members (excludes halogenated alkanes) is 1. The zero-order valence-electron chi connectivity index (χ0n) is 17.2. The molecule has 0 fully saturated rings. The Bertz CT molecular complexity index is 839. The highest BCUT2D eigenvalue weighted by atomic mass is 16.5. The van der Waals surface area contributed by atoms with Gasteiger partial charge in [-0.05, 0) is 62.9 Å². The summed E-state index contributed by atoms with van der Waals surface area (Å²) >= 11 is 0. The molecule has 2 rings (SSSR count). The van der Waals surface area contributed by atoms with E-state index >= 15 is 0 Å². The Balaban J connectivity index is 2.58. The number of rotatable bonds is 7. The lowest BCUT2D eigenvalue weighted by Crippen LogP contribution is -2.26. The molecule has 6 heteroatoms. The SMILES string of the molecule is CCCCOc1cc(C)c(C2C(C#N)=C(N)OC(C)=C2C(=O)OCC)c(C)c1. The van der Waals surface area contributed by atoms with Gasteiger partial charge in [0, 0.05) is 0 Å². The first-order valence-corrected chi connectivity index (χ1v) is 9.55. The zero-order valence-corrected chi connectivity index (χ0v) is 17.2. The van der Waals surface area contributed by atoms with Gasteiger partial charge >= 0.3 is 5.97 Å². The van der Waals surface area contributed by atoms with Crippen LogP contribution < -0.4 is 10.5 Å². The van der Waals surface area contributed by atoms with E-state index in [2.05, 4.69) is 13.0 Å². The Kier molecular flexibility index (Phi) is 7.11. The Morgan fingerprint density at radius 2 is 1.89 bits per heavy atom. The first kappa shape index (κ1) is 21.4. The summed E-state index contributed by atoms with van der Waals surface area (Å²) < 4.78 is 16.5. The standard InChI is InChI=1S/C22H28N2O4/c1-6-8-9-27-16-10-13(3)18(14(4)11-16)20-17(12-23)21(24)28-15(5)19(20)22(25)26-7-2/h10-11,20H,6-9,24H2,1-5H3. The number of carbonyl (C=O) groups excluding carboxylic acids is 1. The maximum atomic E-state index is 12.7. The maximum Gasteiger partial charge on any atom is 0.338 e. The third-order valence-electron chi connectivity index (χ3n) is 4.72. The summed E-state index contributed by atoms with van der Waals surface area (Å²) in [6.07, 6.45) is 2.04. The van der Waals surface area contributed by atoms with E-state index in [0.717, 1.165) is 35.3 Å². The summed E-state index contributed by atoms with van der Waals surface area (Å²) in [5.41, 5.74) is 9.15. The molecule has 1 aliphatic heterocycles. The van der Waals surface area contributed by atoms with Crippen LogP contribution in [0.3, 0.4) is 0 Å². The molecular weight excluding hydrogens is 356 g/mol. The molecule has 1 aliphatic rings. The number of nitrogens with two attached hydrogens (primary N) is 1. The van der Waals surface area contributed by atoms with Gasteiger partial charge in [0.2, 0.25) is 5.88 Å². The van der Waals surface area contributed by atoms with Crippen LogP contribution in [0.2, 0.25) is 0 Å². The van der Waals surface area contributed by atoms with E-state index in [1.54, 1.807) is 13.8 Å². The third-order valence-corrected chi connectivity index (χ3v) is 4.72. The van der Waals surface area contributed by atoms with Crippen LogP contribution >= 0.6 is 0 Å². The van der Waals surface area contributed by atoms with Gasteiger partial charge in [0.15, 0.2) is 0 Å². The number of hydrogen-bond donors (Lipinski definition) is 1. The van der Waals surface area contributed by atoms with Crippen molar-refractivity contribution in [3.63, 3.8) is 0 Å². The molecule has 0 aliphatic carbocycles. The summed E-state index contributed by atoms with van der Waals surface area (Å²) in [6.45, 7) is 10.3. The smallest absolute Gasteiger partial charge is 0.338 e. The van der Waals surface area contributed by atoms with Gasteiger partial charge in [-0.25, -0.2) is 4.79 Å². The number of aryl methyl sites for hydroxylation is 2. The molecule has 1 aromatic carbocycles. The van der Waals surface area contributed by atoms with Crippen LogP contribution in [-0.4, -0.2) is 19.2 Å². The predicted molar refractivity (Wildman–Crippen MR) is 106 cm³/mol. The molecule has 0 saturated carbocycles. The van der Waals surface area contributed by atoms with Gasteiger partial charge in [0.25, 0.3) is 0 Å². The van der Waals surface area contributed by atoms with E-state index < -0.39 is 11.9 Å². The fourth-order valence-electron chi connectivity index (χ4n) is 3.45. The second-order valence-corrected chi connectivity index (χ2v) is 6.79. The minimum absolute atomic E-state index is 0.0140. The number of carbonyl (C=O) groups is 1. The van der Waals surface area contributed by atoms with Crippen molar-refractivity contribution in [2.75, 3.05) is 13.2 Å². The maximum absolute atomic E-state index is 12.7. The fraction of sp³-hybridized carbons (Fsp3) is 0.455. The van der Waals surface area contributed by atoms with Crippen LogP contribution in [0.25, 0.3) is 0 Å². The van der Waals surface area contributed by atoms with Crippen molar-refractivity contribution in [2.24, 2.45) is 5.73 Å². The second-order valence-electron chi connectivity index (χ2n) is 6.79. The van der Waals surface area contributed by atoms with Crippen molar-refractivity contribution in [1.29, 1.82) is 5.26 Å². The molecule has 0 aromatic heterocycles. The predicted octanol–water partition coefficient (Wildman–Crippen LogP) is 4.13. The number of allylic oxidation sites excluding steroid dienone is 2. The van der Waals surface area contributed by atoms with Crippen LogP contribution in [0, 0.1) is 25.2 Å². The topological polar surface area (TPSA) is 94.6 Å². The van der Waals surface area contributed by atoms with Gasteiger partial charge in [0.05, 0.1) is 24.7 Å². The molecular formula is C22H28N2O4. The molecule has 2 N–H and O–H groups in total. The number of benzene rings is 1. The number of nitriles is 1. The second kappa shape index (κ2) is 9.32. The van der Waals surface area contributed by atoms with Gasteiger partial charge in [0.1, 0.15) is 23.2 Å². The summed E-state index contributed by atoms with van der Waals surface area (Å²) in [5, 5.41) is 9.72. The summed E-state index contributed by atoms with van der Waals surface area (Å²) in [6, 6.07) is 5.97. The zero-order chi connectivity index (χ0) is 20.8. The molecule has 6 nitrogen and oxygen atoms in total. The monoisotopic (exact) mass is 384 g/mol. The molecule has 0 saturated heterocycles. The number of ether oxygens (including phenoxy) is 3. The van der Waals surface area contributed by atoms with Crippen LogP contribution in [0.5, 0.6) is 5.75 Å². The molecule has 28 heavy (non-hydrogen) atoms. The van der Waals surface area contributed by atoms with Crippen molar-refractivity contribution in [3.8, 4) is 11.8 Å². The minimum Gasteiger partial charge on any atom is -0.494 e. The van der Waals surface area contributed by atoms with Crippen molar-refractivity contribution < 1.29 is 19.0 Å². The van der Waals surface area contributed by atoms with Crippen LogP contribution in [0.1, 0.15) is 56.2 Å². The molecule has 0 bridgehead atoms. The van der Waals surface area contributed by atoms with E-state index in [1.165, 1.54) is 0 Å². The summed E-state index contributed by atoms with van der Waals surface area (Å²) in [4.78, 5) is 12.7. The molecule has 1 atom stereocenters. The first-order chi connectivity index (χ1) is 13.3. The van der Waals surface area contributed by atoms with E-state index in [1.807, 2.05) is 26.0 Å². The molecule has 1 unspecified atom stereocenters. The minimum atomic E-state index is -0.637. The van der Waals surface area contributed by atoms with E-state index in [-0.39, 0.29) is 18.1 Å². The fourth-order valence-corrected chi connectivity index (χ4v) is 3.45. The lowest BCUT2D eigenvalue weighted by molar-refractivity contribution is -0.139. The van der Waals surface area contributed by atoms with Crippen molar-refractivity contribution in [3.05, 3.63) is 51.6 Å². The first-order valence-electron chi connectivity index (χ1n) is 9.55. The summed E-state index contributed by atoms with van der Waals surface area (Å²) in [7, 11) is 0. The van der Waals surface area contributed by atoms with Gasteiger partial charge < -0.3 is 19.9 Å². The lowest BCUT2D eigenvalue weighted by Gasteiger charge is -2.29. The van der Waals surface area contributed by atoms with Crippen molar-refractivity contribution in [2.45, 2.75) is 53.4 Å². The van der Waals surface area contributed by atoms with Crippen molar-refractivity contribution >= 4 is 5.97 Å². The van der Waals surface area contributed by atoms with Crippen molar-refractivity contribution in [1.82, 2.24) is 0 Å². The van der Waals surface area contributed by atoms with E-state index in [9.17, 15) is 10.1 Å². The Morgan fingerprint density at radius 1 is 1.25 bits per heavy atom.